The van der Waals surface area contributed by atoms with Crippen molar-refractivity contribution in [2.24, 2.45) is 5.73 Å². The molecule has 2 atom stereocenters. The molecule has 0 fully saturated rings. The summed E-state index contributed by atoms with van der Waals surface area (Å²) in [5.74, 6) is 0. The number of likely N-dealkylation sites (N-methyl/N-ethyl adjacent to an activating group) is 1. The fourth-order valence-corrected chi connectivity index (χ4v) is 2.85. The smallest absolute Gasteiger partial charge is 0.0738 e. The Kier molecular flexibility index (Phi) is 5.59. The summed E-state index contributed by atoms with van der Waals surface area (Å²) in [4.78, 5) is 2.23. The van der Waals surface area contributed by atoms with E-state index in [2.05, 4.69) is 60.8 Å². The van der Waals surface area contributed by atoms with Crippen LogP contribution in [0.1, 0.15) is 38.6 Å². The molecule has 5 heteroatoms. The van der Waals surface area contributed by atoms with E-state index in [9.17, 15) is 0 Å². The molecule has 1 aromatic rings. The number of halogens is 1. The van der Waals surface area contributed by atoms with Crippen LogP contribution in [0.3, 0.4) is 0 Å². The monoisotopic (exact) mass is 330 g/mol. The van der Waals surface area contributed by atoms with Crippen LogP contribution in [0.25, 0.3) is 0 Å². The Bertz CT molecular complexity index is 427. The fraction of sp³-hybridized carbons (Fsp3) is 0.786. The predicted molar refractivity (Wildman–Crippen MR) is 84.4 cm³/mol. The van der Waals surface area contributed by atoms with Crippen LogP contribution in [0.4, 0.5) is 0 Å². The van der Waals surface area contributed by atoms with E-state index in [0.29, 0.717) is 0 Å². The minimum Gasteiger partial charge on any atom is -0.326 e. The van der Waals surface area contributed by atoms with Gasteiger partial charge in [0.1, 0.15) is 0 Å². The highest BCUT2D eigenvalue weighted by atomic mass is 79.9. The highest BCUT2D eigenvalue weighted by Gasteiger charge is 2.33. The van der Waals surface area contributed by atoms with Crippen LogP contribution in [-0.2, 0) is 13.0 Å². The Morgan fingerprint density at radius 1 is 1.42 bits per heavy atom. The number of hydrogen-bond acceptors (Lipinski definition) is 3. The van der Waals surface area contributed by atoms with Crippen molar-refractivity contribution in [1.29, 1.82) is 0 Å². The summed E-state index contributed by atoms with van der Waals surface area (Å²) in [6, 6.07) is 0.0743. The average molecular weight is 331 g/mol. The Morgan fingerprint density at radius 2 is 2.00 bits per heavy atom. The van der Waals surface area contributed by atoms with Crippen molar-refractivity contribution in [1.82, 2.24) is 14.7 Å². The van der Waals surface area contributed by atoms with E-state index in [1.165, 1.54) is 5.69 Å². The first kappa shape index (κ1) is 16.7. The van der Waals surface area contributed by atoms with Crippen LogP contribution in [0.5, 0.6) is 0 Å². The maximum absolute atomic E-state index is 6.49. The summed E-state index contributed by atoms with van der Waals surface area (Å²) in [5, 5.41) is 4.54. The molecule has 4 nitrogen and oxygen atoms in total. The SMILES string of the molecule is CCn1nc(C)c(Br)c1CC(N)C(C)(CC)N(C)C. The summed E-state index contributed by atoms with van der Waals surface area (Å²) >= 11 is 3.64. The Morgan fingerprint density at radius 3 is 2.42 bits per heavy atom. The third-order valence-corrected chi connectivity index (χ3v) is 5.43. The third kappa shape index (κ3) is 3.20. The van der Waals surface area contributed by atoms with Crippen molar-refractivity contribution in [2.45, 2.75) is 58.7 Å². The van der Waals surface area contributed by atoms with Crippen molar-refractivity contribution < 1.29 is 0 Å². The van der Waals surface area contributed by atoms with Crippen LogP contribution in [-0.4, -0.2) is 40.4 Å². The molecule has 2 unspecified atom stereocenters. The summed E-state index contributed by atoms with van der Waals surface area (Å²) in [5.41, 5.74) is 8.73. The van der Waals surface area contributed by atoms with Crippen molar-refractivity contribution in [2.75, 3.05) is 14.1 Å². The second-order valence-electron chi connectivity index (χ2n) is 5.58. The summed E-state index contributed by atoms with van der Waals surface area (Å²) in [7, 11) is 4.20. The van der Waals surface area contributed by atoms with E-state index in [4.69, 9.17) is 5.73 Å². The molecule has 0 saturated heterocycles. The molecule has 1 heterocycles. The molecule has 0 aliphatic carbocycles. The van der Waals surface area contributed by atoms with Gasteiger partial charge in [0.2, 0.25) is 0 Å². The first-order chi connectivity index (χ1) is 8.77. The molecule has 2 N–H and O–H groups in total. The Labute approximate surface area is 125 Å². The molecule has 19 heavy (non-hydrogen) atoms. The molecule has 0 amide bonds. The molecule has 0 spiro atoms. The number of rotatable bonds is 6. The van der Waals surface area contributed by atoms with E-state index in [0.717, 1.165) is 29.6 Å². The van der Waals surface area contributed by atoms with Gasteiger partial charge in [-0.3, -0.25) is 4.68 Å². The largest absolute Gasteiger partial charge is 0.326 e. The van der Waals surface area contributed by atoms with Crippen molar-refractivity contribution in [3.05, 3.63) is 15.9 Å². The van der Waals surface area contributed by atoms with Crippen LogP contribution in [0, 0.1) is 6.92 Å². The summed E-state index contributed by atoms with van der Waals surface area (Å²) in [6.07, 6.45) is 1.86. The third-order valence-electron chi connectivity index (χ3n) is 4.40. The minimum absolute atomic E-state index is 0.00378. The lowest BCUT2D eigenvalue weighted by atomic mass is 9.86. The van der Waals surface area contributed by atoms with Crippen LogP contribution >= 0.6 is 15.9 Å². The van der Waals surface area contributed by atoms with E-state index in [1.54, 1.807) is 0 Å². The van der Waals surface area contributed by atoms with Crippen LogP contribution < -0.4 is 5.73 Å². The lowest BCUT2D eigenvalue weighted by molar-refractivity contribution is 0.130. The van der Waals surface area contributed by atoms with Gasteiger partial charge in [-0.05, 0) is 57.2 Å². The fourth-order valence-electron chi connectivity index (χ4n) is 2.40. The van der Waals surface area contributed by atoms with E-state index >= 15 is 0 Å². The first-order valence-electron chi connectivity index (χ1n) is 6.92. The molecular weight excluding hydrogens is 304 g/mol. The predicted octanol–water partition coefficient (Wildman–Crippen LogP) is 2.57. The van der Waals surface area contributed by atoms with Gasteiger partial charge in [-0.1, -0.05) is 6.92 Å². The van der Waals surface area contributed by atoms with Gasteiger partial charge in [-0.25, -0.2) is 0 Å². The zero-order chi connectivity index (χ0) is 14.8. The number of nitrogens with two attached hydrogens (primary N) is 1. The normalized spacial score (nSPS) is 16.7. The lowest BCUT2D eigenvalue weighted by Gasteiger charge is -2.41. The molecule has 0 aliphatic heterocycles. The van der Waals surface area contributed by atoms with E-state index in [1.807, 2.05) is 11.6 Å². The number of nitrogens with zero attached hydrogens (tertiary/aromatic N) is 3. The molecule has 0 aliphatic rings. The van der Waals surface area contributed by atoms with E-state index in [-0.39, 0.29) is 11.6 Å². The molecule has 1 aromatic heterocycles. The standard InChI is InChI=1S/C14H27BrN4/c1-7-14(4,18(5)6)12(16)9-11-13(15)10(3)17-19(11)8-2/h12H,7-9,16H2,1-6H3. The second-order valence-corrected chi connectivity index (χ2v) is 6.37. The number of hydrogen-bond donors (Lipinski definition) is 1. The van der Waals surface area contributed by atoms with Crippen molar-refractivity contribution in [3.8, 4) is 0 Å². The van der Waals surface area contributed by atoms with E-state index < -0.39 is 0 Å². The van der Waals surface area contributed by atoms with Crippen molar-refractivity contribution >= 4 is 15.9 Å². The number of aromatic nitrogens is 2. The van der Waals surface area contributed by atoms with Crippen LogP contribution in [0.15, 0.2) is 4.47 Å². The molecule has 1 rings (SSSR count). The van der Waals surface area contributed by atoms with Gasteiger partial charge < -0.3 is 10.6 Å². The quantitative estimate of drug-likeness (QED) is 0.871. The topological polar surface area (TPSA) is 47.1 Å². The zero-order valence-corrected chi connectivity index (χ0v) is 14.6. The first-order valence-corrected chi connectivity index (χ1v) is 7.72. The molecule has 110 valence electrons. The summed E-state index contributed by atoms with van der Waals surface area (Å²) < 4.78 is 3.15. The van der Waals surface area contributed by atoms with Gasteiger partial charge in [0, 0.05) is 24.5 Å². The maximum Gasteiger partial charge on any atom is 0.0738 e. The second kappa shape index (κ2) is 6.37. The maximum atomic E-state index is 6.49. The van der Waals surface area contributed by atoms with Crippen molar-refractivity contribution in [3.63, 3.8) is 0 Å². The van der Waals surface area contributed by atoms with Gasteiger partial charge in [0.15, 0.2) is 0 Å². The van der Waals surface area contributed by atoms with Gasteiger partial charge in [-0.15, -0.1) is 0 Å². The molecular formula is C14H27BrN4. The molecule has 0 bridgehead atoms. The van der Waals surface area contributed by atoms with Gasteiger partial charge in [0.25, 0.3) is 0 Å². The Hall–Kier alpha value is -0.390. The highest BCUT2D eigenvalue weighted by Crippen LogP contribution is 2.27. The zero-order valence-electron chi connectivity index (χ0n) is 13.0. The van der Waals surface area contributed by atoms with Gasteiger partial charge in [-0.2, -0.15) is 5.10 Å². The lowest BCUT2D eigenvalue weighted by Crippen LogP contribution is -2.56. The van der Waals surface area contributed by atoms with Gasteiger partial charge >= 0.3 is 0 Å². The summed E-state index contributed by atoms with van der Waals surface area (Å²) in [6.45, 7) is 9.43. The van der Waals surface area contributed by atoms with Gasteiger partial charge in [0.05, 0.1) is 15.9 Å². The molecule has 0 aromatic carbocycles. The molecule has 0 radical (unpaired) electrons. The minimum atomic E-state index is -0.00378. The average Bonchev–Trinajstić information content (AvgIpc) is 2.64. The number of aryl methyl sites for hydroxylation is 2. The highest BCUT2D eigenvalue weighted by molar-refractivity contribution is 9.10. The molecule has 0 saturated carbocycles. The van der Waals surface area contributed by atoms with Crippen LogP contribution in [0.2, 0.25) is 0 Å². The Balaban J connectivity index is 3.02.